The van der Waals surface area contributed by atoms with Crippen LogP contribution in [0.5, 0.6) is 0 Å². The van der Waals surface area contributed by atoms with Crippen LogP contribution in [-0.4, -0.2) is 50.3 Å². The Labute approximate surface area is 107 Å². The molecule has 0 aliphatic carbocycles. The fourth-order valence-corrected chi connectivity index (χ4v) is 2.77. The summed E-state index contributed by atoms with van der Waals surface area (Å²) >= 11 is 0. The molecule has 0 radical (unpaired) electrons. The van der Waals surface area contributed by atoms with Crippen molar-refractivity contribution in [2.24, 2.45) is 0 Å². The highest BCUT2D eigenvalue weighted by molar-refractivity contribution is 4.80. The third-order valence-electron chi connectivity index (χ3n) is 3.73. The Hall–Kier alpha value is -0.120. The van der Waals surface area contributed by atoms with Crippen molar-refractivity contribution in [3.63, 3.8) is 0 Å². The van der Waals surface area contributed by atoms with Crippen molar-refractivity contribution in [1.29, 1.82) is 0 Å². The molecule has 3 nitrogen and oxygen atoms in total. The zero-order chi connectivity index (χ0) is 12.5. The Morgan fingerprint density at radius 2 is 2.18 bits per heavy atom. The van der Waals surface area contributed by atoms with Crippen LogP contribution in [-0.2, 0) is 4.74 Å². The van der Waals surface area contributed by atoms with Crippen molar-refractivity contribution in [3.8, 4) is 0 Å². The molecule has 0 aromatic rings. The summed E-state index contributed by atoms with van der Waals surface area (Å²) in [5.41, 5.74) is 0. The van der Waals surface area contributed by atoms with Gasteiger partial charge in [0.05, 0.1) is 6.61 Å². The van der Waals surface area contributed by atoms with E-state index in [4.69, 9.17) is 4.74 Å². The average Bonchev–Trinajstić information content (AvgIpc) is 2.37. The van der Waals surface area contributed by atoms with Crippen LogP contribution in [0.4, 0.5) is 0 Å². The van der Waals surface area contributed by atoms with E-state index in [1.807, 2.05) is 0 Å². The minimum Gasteiger partial charge on any atom is -0.383 e. The molecule has 1 saturated heterocycles. The van der Waals surface area contributed by atoms with E-state index in [0.29, 0.717) is 6.04 Å². The first-order valence-corrected chi connectivity index (χ1v) is 7.28. The molecule has 1 fully saturated rings. The van der Waals surface area contributed by atoms with Gasteiger partial charge in [0.2, 0.25) is 0 Å². The molecule has 1 N–H and O–H groups in total. The van der Waals surface area contributed by atoms with Gasteiger partial charge < -0.3 is 10.1 Å². The first-order chi connectivity index (χ1) is 8.31. The number of piperidine rings is 1. The number of methoxy groups -OCH3 is 1. The molecule has 3 heteroatoms. The number of likely N-dealkylation sites (tertiary alicyclic amines) is 1. The lowest BCUT2D eigenvalue weighted by atomic mass is 9.99. The monoisotopic (exact) mass is 242 g/mol. The van der Waals surface area contributed by atoms with Crippen LogP contribution in [0.25, 0.3) is 0 Å². The highest BCUT2D eigenvalue weighted by Gasteiger charge is 2.23. The molecule has 1 aliphatic heterocycles. The largest absolute Gasteiger partial charge is 0.383 e. The quantitative estimate of drug-likeness (QED) is 0.706. The van der Waals surface area contributed by atoms with E-state index in [1.54, 1.807) is 7.11 Å². The van der Waals surface area contributed by atoms with E-state index in [2.05, 4.69) is 24.1 Å². The van der Waals surface area contributed by atoms with Gasteiger partial charge in [0, 0.05) is 25.7 Å². The summed E-state index contributed by atoms with van der Waals surface area (Å²) in [6, 6.07) is 1.29. The maximum Gasteiger partial charge on any atom is 0.0628 e. The molecule has 2 unspecified atom stereocenters. The Kier molecular flexibility index (Phi) is 7.82. The van der Waals surface area contributed by atoms with Crippen LogP contribution in [0, 0.1) is 0 Å². The van der Waals surface area contributed by atoms with Gasteiger partial charge in [-0.2, -0.15) is 0 Å². The van der Waals surface area contributed by atoms with Crippen LogP contribution in [0.1, 0.15) is 46.0 Å². The minimum absolute atomic E-state index is 0.493. The Morgan fingerprint density at radius 3 is 2.82 bits per heavy atom. The molecular formula is C14H30N2O. The molecule has 0 aromatic carbocycles. The Balaban J connectivity index is 2.39. The predicted molar refractivity (Wildman–Crippen MR) is 73.5 cm³/mol. The lowest BCUT2D eigenvalue weighted by Gasteiger charge is -2.37. The van der Waals surface area contributed by atoms with E-state index < -0.39 is 0 Å². The molecule has 0 saturated carbocycles. The average molecular weight is 242 g/mol. The third-order valence-corrected chi connectivity index (χ3v) is 3.73. The fraction of sp³-hybridized carbons (Fsp3) is 1.00. The lowest BCUT2D eigenvalue weighted by molar-refractivity contribution is 0.0957. The molecule has 0 spiro atoms. The summed E-state index contributed by atoms with van der Waals surface area (Å²) in [6.07, 6.45) is 6.63. The lowest BCUT2D eigenvalue weighted by Crippen LogP contribution is -2.49. The van der Waals surface area contributed by atoms with Crippen LogP contribution >= 0.6 is 0 Å². The Bertz CT molecular complexity index is 187. The van der Waals surface area contributed by atoms with Crippen LogP contribution in [0.15, 0.2) is 0 Å². The minimum atomic E-state index is 0.493. The smallest absolute Gasteiger partial charge is 0.0628 e. The summed E-state index contributed by atoms with van der Waals surface area (Å²) in [6.45, 7) is 8.87. The summed E-state index contributed by atoms with van der Waals surface area (Å²) in [5.74, 6) is 0. The van der Waals surface area contributed by atoms with Gasteiger partial charge in [-0.25, -0.2) is 0 Å². The number of hydrogen-bond acceptors (Lipinski definition) is 3. The van der Waals surface area contributed by atoms with Gasteiger partial charge in [0.1, 0.15) is 0 Å². The van der Waals surface area contributed by atoms with Crippen molar-refractivity contribution >= 4 is 0 Å². The van der Waals surface area contributed by atoms with Gasteiger partial charge >= 0.3 is 0 Å². The molecule has 1 rings (SSSR count). The van der Waals surface area contributed by atoms with Crippen molar-refractivity contribution in [1.82, 2.24) is 10.2 Å². The highest BCUT2D eigenvalue weighted by Crippen LogP contribution is 2.19. The van der Waals surface area contributed by atoms with Crippen molar-refractivity contribution < 1.29 is 4.74 Å². The second-order valence-electron chi connectivity index (χ2n) is 5.16. The number of nitrogens with one attached hydrogen (secondary N) is 1. The summed E-state index contributed by atoms with van der Waals surface area (Å²) in [5, 5.41) is 3.60. The van der Waals surface area contributed by atoms with Crippen LogP contribution in [0.3, 0.4) is 0 Å². The maximum absolute atomic E-state index is 5.32. The van der Waals surface area contributed by atoms with Gasteiger partial charge in [-0.1, -0.05) is 20.3 Å². The SMILES string of the molecule is CCCNC(COC)CN1CCCCC1CC. The second kappa shape index (κ2) is 8.90. The Morgan fingerprint density at radius 1 is 1.35 bits per heavy atom. The molecule has 2 atom stereocenters. The zero-order valence-electron chi connectivity index (χ0n) is 11.9. The van der Waals surface area contributed by atoms with Gasteiger partial charge in [0.15, 0.2) is 0 Å². The van der Waals surface area contributed by atoms with E-state index >= 15 is 0 Å². The van der Waals surface area contributed by atoms with E-state index in [9.17, 15) is 0 Å². The maximum atomic E-state index is 5.32. The van der Waals surface area contributed by atoms with E-state index in [-0.39, 0.29) is 0 Å². The predicted octanol–water partition coefficient (Wildman–Crippen LogP) is 2.27. The van der Waals surface area contributed by atoms with Crippen molar-refractivity contribution in [2.75, 3.05) is 33.4 Å². The first-order valence-electron chi connectivity index (χ1n) is 7.28. The fourth-order valence-electron chi connectivity index (χ4n) is 2.77. The molecule has 0 aromatic heterocycles. The molecule has 0 amide bonds. The highest BCUT2D eigenvalue weighted by atomic mass is 16.5. The van der Waals surface area contributed by atoms with Crippen molar-refractivity contribution in [2.45, 2.75) is 58.0 Å². The van der Waals surface area contributed by atoms with Crippen LogP contribution in [0.2, 0.25) is 0 Å². The number of ether oxygens (including phenoxy) is 1. The van der Waals surface area contributed by atoms with E-state index in [0.717, 1.165) is 25.7 Å². The second-order valence-corrected chi connectivity index (χ2v) is 5.16. The molecule has 1 aliphatic rings. The third kappa shape index (κ3) is 5.36. The van der Waals surface area contributed by atoms with Crippen LogP contribution < -0.4 is 5.32 Å². The standard InChI is InChI=1S/C14H30N2O/c1-4-9-15-13(12-17-3)11-16-10-7-6-8-14(16)5-2/h13-15H,4-12H2,1-3H3. The van der Waals surface area contributed by atoms with Crippen molar-refractivity contribution in [3.05, 3.63) is 0 Å². The molecular weight excluding hydrogens is 212 g/mol. The summed E-state index contributed by atoms with van der Waals surface area (Å²) in [4.78, 5) is 2.66. The summed E-state index contributed by atoms with van der Waals surface area (Å²) in [7, 11) is 1.80. The first kappa shape index (κ1) is 14.9. The topological polar surface area (TPSA) is 24.5 Å². The number of nitrogens with zero attached hydrogens (tertiary/aromatic N) is 1. The zero-order valence-corrected chi connectivity index (χ0v) is 11.9. The number of hydrogen-bond donors (Lipinski definition) is 1. The van der Waals surface area contributed by atoms with Gasteiger partial charge in [-0.05, 0) is 38.8 Å². The van der Waals surface area contributed by atoms with Gasteiger partial charge in [-0.3, -0.25) is 4.90 Å². The molecule has 1 heterocycles. The molecule has 0 bridgehead atoms. The van der Waals surface area contributed by atoms with Gasteiger partial charge in [0.25, 0.3) is 0 Å². The molecule has 17 heavy (non-hydrogen) atoms. The van der Waals surface area contributed by atoms with E-state index in [1.165, 1.54) is 38.6 Å². The molecule has 102 valence electrons. The van der Waals surface area contributed by atoms with Gasteiger partial charge in [-0.15, -0.1) is 0 Å². The summed E-state index contributed by atoms with van der Waals surface area (Å²) < 4.78 is 5.32. The number of rotatable bonds is 8. The normalized spacial score (nSPS) is 23.8.